The van der Waals surface area contributed by atoms with Crippen molar-refractivity contribution in [2.75, 3.05) is 14.7 Å². The Balaban J connectivity index is 0.944. The molecule has 492 valence electrons. The number of hydrogen-bond donors (Lipinski definition) is 0. The minimum absolute atomic E-state index is 0.0706. The standard InChI is InChI=1S/C96H80BN5/c1-94(2,3)69-42-49-86-80(56-69)81-57-70(95(4,5)6)43-50-87(81)100(86)77-45-48-84-90(62-77)102(78-54-67(64-30-17-11-18-31-64)52-68(55-78)65-32-19-12-20-33-65)92-59-71(96(7,8)9)58-91-93(92)97(84)83-47-44-76(61-89(83)101(91)74-39-27-34-66(53-74)63-28-15-10-16-29-63)99-85-41-26-25-40-79(85)82-60-75(46-51-88(82)99)98(72-35-21-13-22-36-72)73-37-23-14-24-38-73/h10-62H,1-9H3/i13D,21D,22D,25D,26D,35D,36D,40D,41D. The number of fused-ring (bicyclic) bond motifs is 10. The van der Waals surface area contributed by atoms with E-state index in [1.54, 1.807) is 4.90 Å². The number of benzene rings is 14. The SMILES string of the molecule is [2H]c1c([2H])c([2H])c(N(c2ccccc2)c2ccc3c(c2)c2c([2H])c([2H])c([2H])c([2H])c2n3-c2ccc3c(c2)N(c2cccc(-c4ccccc4)c2)c2cc(C(C)(C)C)cc4c2B3c2ccc(-n3c5ccc(C(C)(C)C)cc5c5cc(C(C)(C)C)ccc53)cc2N4c2cc(-c3ccccc3)cc(-c3ccccc3)c2)c([2H])c1[2H]. The van der Waals surface area contributed by atoms with E-state index in [-0.39, 0.29) is 39.5 Å². The lowest BCUT2D eigenvalue weighted by Gasteiger charge is -2.45. The van der Waals surface area contributed by atoms with E-state index < -0.39 is 54.4 Å². The van der Waals surface area contributed by atoms with Gasteiger partial charge in [0.1, 0.15) is 0 Å². The predicted octanol–water partition coefficient (Wildman–Crippen LogP) is 24.3. The van der Waals surface area contributed by atoms with Crippen LogP contribution in [0.1, 0.15) is 91.3 Å². The van der Waals surface area contributed by atoms with Crippen LogP contribution in [0.25, 0.3) is 88.4 Å². The molecule has 0 atom stereocenters. The molecule has 18 rings (SSSR count). The van der Waals surface area contributed by atoms with Gasteiger partial charge >= 0.3 is 0 Å². The van der Waals surface area contributed by atoms with Crippen molar-refractivity contribution in [2.24, 2.45) is 0 Å². The van der Waals surface area contributed by atoms with Crippen molar-refractivity contribution in [1.29, 1.82) is 0 Å². The van der Waals surface area contributed by atoms with Crippen molar-refractivity contribution >= 4 is 118 Å². The number of anilines is 9. The Labute approximate surface area is 612 Å². The van der Waals surface area contributed by atoms with Crippen LogP contribution in [0.15, 0.2) is 321 Å². The molecule has 0 N–H and O–H groups in total. The van der Waals surface area contributed by atoms with Crippen LogP contribution >= 0.6 is 0 Å². The summed E-state index contributed by atoms with van der Waals surface area (Å²) in [7, 11) is 0. The first-order valence-electron chi connectivity index (χ1n) is 39.8. The lowest BCUT2D eigenvalue weighted by molar-refractivity contribution is 0.590. The highest BCUT2D eigenvalue weighted by atomic mass is 15.2. The van der Waals surface area contributed by atoms with Crippen LogP contribution in [-0.2, 0) is 16.2 Å². The van der Waals surface area contributed by atoms with Gasteiger partial charge in [-0.15, -0.1) is 0 Å². The fourth-order valence-corrected chi connectivity index (χ4v) is 15.7. The molecular formula is C96H80BN5. The first kappa shape index (κ1) is 53.1. The minimum atomic E-state index is -0.520. The maximum Gasteiger partial charge on any atom is 0.252 e. The summed E-state index contributed by atoms with van der Waals surface area (Å²) in [6.45, 7) is 20.2. The van der Waals surface area contributed by atoms with Gasteiger partial charge in [0, 0.05) is 84.1 Å². The first-order valence-corrected chi connectivity index (χ1v) is 35.3. The van der Waals surface area contributed by atoms with Gasteiger partial charge in [0.05, 0.1) is 34.4 Å². The Morgan fingerprint density at radius 3 is 1.27 bits per heavy atom. The number of hydrogen-bond acceptors (Lipinski definition) is 3. The summed E-state index contributed by atoms with van der Waals surface area (Å²) < 4.78 is 87.8. The van der Waals surface area contributed by atoms with E-state index in [4.69, 9.17) is 4.11 Å². The molecule has 14 aromatic carbocycles. The Hall–Kier alpha value is -11.9. The zero-order valence-electron chi connectivity index (χ0n) is 67.7. The molecule has 4 heterocycles. The monoisotopic (exact) mass is 1320 g/mol. The van der Waals surface area contributed by atoms with Crippen molar-refractivity contribution < 1.29 is 12.3 Å². The third-order valence-corrected chi connectivity index (χ3v) is 20.9. The lowest BCUT2D eigenvalue weighted by atomic mass is 9.33. The number of para-hydroxylation sites is 3. The third kappa shape index (κ3) is 10.5. The Morgan fingerprint density at radius 2 is 0.735 bits per heavy atom. The van der Waals surface area contributed by atoms with Crippen LogP contribution in [-0.4, -0.2) is 15.8 Å². The number of nitrogens with zero attached hydrogens (tertiary/aromatic N) is 5. The summed E-state index contributed by atoms with van der Waals surface area (Å²) in [5.41, 5.74) is 24.0. The predicted molar refractivity (Wildman–Crippen MR) is 436 cm³/mol. The fourth-order valence-electron chi connectivity index (χ4n) is 15.7. The molecule has 0 unspecified atom stereocenters. The zero-order valence-corrected chi connectivity index (χ0v) is 58.7. The summed E-state index contributed by atoms with van der Waals surface area (Å²) in [5, 5.41) is 3.12. The molecule has 6 heteroatoms. The quantitative estimate of drug-likeness (QED) is 0.127. The van der Waals surface area contributed by atoms with Crippen LogP contribution in [0.4, 0.5) is 51.2 Å². The van der Waals surface area contributed by atoms with E-state index >= 15 is 0 Å². The van der Waals surface area contributed by atoms with Gasteiger partial charge in [-0.25, -0.2) is 0 Å². The largest absolute Gasteiger partial charge is 0.311 e. The zero-order chi connectivity index (χ0) is 77.2. The summed E-state index contributed by atoms with van der Waals surface area (Å²) >= 11 is 0. The van der Waals surface area contributed by atoms with Crippen molar-refractivity contribution in [3.63, 3.8) is 0 Å². The molecule has 2 aromatic heterocycles. The van der Waals surface area contributed by atoms with Gasteiger partial charge in [-0.3, -0.25) is 0 Å². The Morgan fingerprint density at radius 1 is 0.284 bits per heavy atom. The van der Waals surface area contributed by atoms with Crippen LogP contribution in [0.2, 0.25) is 0 Å². The average molecular weight is 1320 g/mol. The minimum Gasteiger partial charge on any atom is -0.311 e. The molecule has 5 nitrogen and oxygen atoms in total. The van der Waals surface area contributed by atoms with Gasteiger partial charge in [-0.2, -0.15) is 0 Å². The van der Waals surface area contributed by atoms with E-state index in [0.29, 0.717) is 28.0 Å². The second-order valence-corrected chi connectivity index (χ2v) is 30.4. The van der Waals surface area contributed by atoms with E-state index in [1.165, 1.54) is 21.9 Å². The van der Waals surface area contributed by atoms with Crippen LogP contribution in [0.3, 0.4) is 0 Å². The summed E-state index contributed by atoms with van der Waals surface area (Å²) in [4.78, 5) is 6.59. The Kier molecular flexibility index (Phi) is 12.5. The molecule has 0 radical (unpaired) electrons. The third-order valence-electron chi connectivity index (χ3n) is 20.9. The molecule has 2 aliphatic rings. The average Bonchev–Trinajstić information content (AvgIpc) is 1.28. The smallest absolute Gasteiger partial charge is 0.252 e. The highest BCUT2D eigenvalue weighted by Crippen LogP contribution is 2.50. The van der Waals surface area contributed by atoms with Gasteiger partial charge in [0.25, 0.3) is 6.71 Å². The number of rotatable bonds is 10. The van der Waals surface area contributed by atoms with Crippen molar-refractivity contribution in [3.05, 3.63) is 338 Å². The Bertz CT molecular complexity index is 6380. The molecule has 0 fully saturated rings. The molecule has 0 aliphatic carbocycles. The topological polar surface area (TPSA) is 19.6 Å². The van der Waals surface area contributed by atoms with E-state index in [0.717, 1.165) is 106 Å². The maximum absolute atomic E-state index is 9.99. The fraction of sp³-hybridized carbons (Fsp3) is 0.125. The first-order chi connectivity index (χ1) is 53.2. The van der Waals surface area contributed by atoms with Crippen LogP contribution < -0.4 is 31.1 Å². The van der Waals surface area contributed by atoms with E-state index in [2.05, 4.69) is 289 Å². The molecule has 16 aromatic rings. The molecule has 0 bridgehead atoms. The molecule has 2 aliphatic heterocycles. The van der Waals surface area contributed by atoms with Gasteiger partial charge in [0.2, 0.25) is 0 Å². The van der Waals surface area contributed by atoms with Crippen LogP contribution in [0, 0.1) is 0 Å². The highest BCUT2D eigenvalue weighted by molar-refractivity contribution is 7.00. The summed E-state index contributed by atoms with van der Waals surface area (Å²) in [6.07, 6.45) is 0. The van der Waals surface area contributed by atoms with Crippen molar-refractivity contribution in [2.45, 2.75) is 78.6 Å². The molecule has 0 saturated carbocycles. The molecule has 102 heavy (non-hydrogen) atoms. The summed E-state index contributed by atoms with van der Waals surface area (Å²) in [6, 6.07) is 91.1. The van der Waals surface area contributed by atoms with Gasteiger partial charge in [-0.05, 0) is 222 Å². The van der Waals surface area contributed by atoms with Gasteiger partial charge in [-0.1, -0.05) is 244 Å². The molecule has 0 amide bonds. The van der Waals surface area contributed by atoms with E-state index in [9.17, 15) is 8.22 Å². The molecule has 0 spiro atoms. The summed E-state index contributed by atoms with van der Waals surface area (Å²) in [5.74, 6) is 0. The number of aromatic nitrogens is 2. The lowest BCUT2D eigenvalue weighted by Crippen LogP contribution is -2.61. The van der Waals surface area contributed by atoms with E-state index in [1.807, 2.05) is 59.2 Å². The highest BCUT2D eigenvalue weighted by Gasteiger charge is 2.45. The second-order valence-electron chi connectivity index (χ2n) is 30.4. The van der Waals surface area contributed by atoms with Crippen molar-refractivity contribution in [1.82, 2.24) is 9.13 Å². The molecular weight excluding hydrogens is 1230 g/mol. The second kappa shape index (κ2) is 23.9. The van der Waals surface area contributed by atoms with Crippen molar-refractivity contribution in [3.8, 4) is 44.8 Å². The maximum atomic E-state index is 9.99. The van der Waals surface area contributed by atoms with Gasteiger partial charge < -0.3 is 23.8 Å². The van der Waals surface area contributed by atoms with Gasteiger partial charge in [0.15, 0.2) is 0 Å². The normalized spacial score (nSPS) is 14.1. The van der Waals surface area contributed by atoms with Crippen LogP contribution in [0.5, 0.6) is 0 Å². The molecule has 0 saturated heterocycles.